The summed E-state index contributed by atoms with van der Waals surface area (Å²) in [4.78, 5) is 17.0. The summed E-state index contributed by atoms with van der Waals surface area (Å²) in [5.74, 6) is -0.859. The first-order valence-corrected chi connectivity index (χ1v) is 10.2. The first-order valence-electron chi connectivity index (χ1n) is 10.2. The van der Waals surface area contributed by atoms with Crippen molar-refractivity contribution in [1.29, 1.82) is 0 Å². The first-order chi connectivity index (χ1) is 16.2. The number of aryl methyl sites for hydroxylation is 1. The average Bonchev–Trinajstić information content (AvgIpc) is 3.47. The second-order valence-electron chi connectivity index (χ2n) is 7.31. The fraction of sp³-hybridized carbons (Fsp3) is 0.273. The van der Waals surface area contributed by atoms with Crippen molar-refractivity contribution < 1.29 is 27.4 Å². The topological polar surface area (TPSA) is 95.6 Å². The molecule has 0 saturated heterocycles. The number of halogens is 3. The summed E-state index contributed by atoms with van der Waals surface area (Å²) in [6.45, 7) is 1.26. The Hall–Kier alpha value is -4.09. The molecule has 3 heterocycles. The number of hydrogen-bond acceptors (Lipinski definition) is 6. The Kier molecular flexibility index (Phi) is 6.14. The molecule has 0 bridgehead atoms. The van der Waals surface area contributed by atoms with Crippen LogP contribution in [-0.2, 0) is 6.54 Å². The number of amides is 1. The lowest BCUT2D eigenvalue weighted by atomic mass is 10.0. The molecule has 0 fully saturated rings. The van der Waals surface area contributed by atoms with Crippen LogP contribution in [0.2, 0.25) is 0 Å². The molecule has 0 radical (unpaired) electrons. The van der Waals surface area contributed by atoms with Crippen LogP contribution in [0.15, 0.2) is 43.1 Å². The molecule has 34 heavy (non-hydrogen) atoms. The van der Waals surface area contributed by atoms with Gasteiger partial charge in [0.2, 0.25) is 0 Å². The third-order valence-electron chi connectivity index (χ3n) is 5.14. The summed E-state index contributed by atoms with van der Waals surface area (Å²) in [6.07, 6.45) is 4.22. The molecule has 0 atom stereocenters. The molecule has 4 aromatic rings. The molecule has 178 valence electrons. The SMILES string of the molecule is CCn1cc(-c2cnc3c(-c4cc(OC)c(C(=O)NCC(F)(F)F)c(OC)c4)cnn3c2)cn1. The molecular weight excluding hydrogens is 453 g/mol. The minimum Gasteiger partial charge on any atom is -0.496 e. The van der Waals surface area contributed by atoms with Crippen molar-refractivity contribution in [2.24, 2.45) is 0 Å². The monoisotopic (exact) mass is 474 g/mol. The van der Waals surface area contributed by atoms with Crippen molar-refractivity contribution in [1.82, 2.24) is 29.7 Å². The first kappa shape index (κ1) is 23.1. The van der Waals surface area contributed by atoms with Crippen LogP contribution < -0.4 is 14.8 Å². The quantitative estimate of drug-likeness (QED) is 0.440. The number of aromatic nitrogens is 5. The summed E-state index contributed by atoms with van der Waals surface area (Å²) in [5, 5.41) is 10.5. The predicted molar refractivity (Wildman–Crippen MR) is 117 cm³/mol. The molecule has 0 aliphatic rings. The van der Waals surface area contributed by atoms with E-state index < -0.39 is 18.6 Å². The van der Waals surface area contributed by atoms with E-state index in [4.69, 9.17) is 9.47 Å². The highest BCUT2D eigenvalue weighted by Crippen LogP contribution is 2.36. The normalized spacial score (nSPS) is 11.6. The second kappa shape index (κ2) is 9.04. The molecule has 0 unspecified atom stereocenters. The Labute approximate surface area is 192 Å². The number of alkyl halides is 3. The van der Waals surface area contributed by atoms with Crippen molar-refractivity contribution >= 4 is 11.6 Å². The molecule has 0 aliphatic carbocycles. The van der Waals surface area contributed by atoms with Crippen LogP contribution in [0.1, 0.15) is 17.3 Å². The van der Waals surface area contributed by atoms with Crippen LogP contribution >= 0.6 is 0 Å². The lowest BCUT2D eigenvalue weighted by molar-refractivity contribution is -0.123. The van der Waals surface area contributed by atoms with Gasteiger partial charge in [-0.25, -0.2) is 9.50 Å². The third kappa shape index (κ3) is 4.51. The standard InChI is InChI=1S/C22H21F3N6O3/c1-4-30-10-15(8-28-30)14-7-26-20-16(9-29-31(20)11-14)13-5-17(33-2)19(18(6-13)34-3)21(32)27-12-22(23,24)25/h5-11H,4,12H2,1-3H3,(H,27,32). The fourth-order valence-corrected chi connectivity index (χ4v) is 3.47. The largest absolute Gasteiger partial charge is 0.496 e. The van der Waals surface area contributed by atoms with Gasteiger partial charge in [-0.15, -0.1) is 0 Å². The molecule has 1 amide bonds. The molecule has 0 saturated carbocycles. The van der Waals surface area contributed by atoms with Gasteiger partial charge in [-0.05, 0) is 24.6 Å². The number of carbonyl (C=O) groups excluding carboxylic acids is 1. The molecule has 1 N–H and O–H groups in total. The Bertz CT molecular complexity index is 1320. The Morgan fingerprint density at radius 1 is 1.00 bits per heavy atom. The van der Waals surface area contributed by atoms with E-state index in [-0.39, 0.29) is 17.1 Å². The van der Waals surface area contributed by atoms with Crippen LogP contribution in [0.4, 0.5) is 13.2 Å². The van der Waals surface area contributed by atoms with Gasteiger partial charge < -0.3 is 14.8 Å². The maximum Gasteiger partial charge on any atom is 0.405 e. The highest BCUT2D eigenvalue weighted by Gasteiger charge is 2.30. The van der Waals surface area contributed by atoms with Crippen LogP contribution in [-0.4, -0.2) is 57.2 Å². The lowest BCUT2D eigenvalue weighted by Crippen LogP contribution is -2.34. The summed E-state index contributed by atoms with van der Waals surface area (Å²) < 4.78 is 51.7. The van der Waals surface area contributed by atoms with E-state index in [2.05, 4.69) is 15.2 Å². The maximum atomic E-state index is 12.6. The van der Waals surface area contributed by atoms with Crippen molar-refractivity contribution in [3.05, 3.63) is 48.7 Å². The second-order valence-corrected chi connectivity index (χ2v) is 7.31. The third-order valence-corrected chi connectivity index (χ3v) is 5.14. The number of fused-ring (bicyclic) bond motifs is 1. The van der Waals surface area contributed by atoms with Gasteiger partial charge in [0.05, 0.1) is 26.6 Å². The zero-order chi connectivity index (χ0) is 24.5. The van der Waals surface area contributed by atoms with Crippen molar-refractivity contribution in [2.75, 3.05) is 20.8 Å². The van der Waals surface area contributed by atoms with E-state index in [9.17, 15) is 18.0 Å². The highest BCUT2D eigenvalue weighted by atomic mass is 19.4. The van der Waals surface area contributed by atoms with Crippen LogP contribution in [0.25, 0.3) is 27.9 Å². The van der Waals surface area contributed by atoms with Crippen molar-refractivity contribution in [3.8, 4) is 33.8 Å². The Morgan fingerprint density at radius 3 is 2.26 bits per heavy atom. The van der Waals surface area contributed by atoms with Gasteiger partial charge in [-0.3, -0.25) is 9.48 Å². The van der Waals surface area contributed by atoms with Gasteiger partial charge in [-0.2, -0.15) is 23.4 Å². The van der Waals surface area contributed by atoms with Gasteiger partial charge in [0, 0.05) is 41.8 Å². The number of ether oxygens (including phenoxy) is 2. The van der Waals surface area contributed by atoms with E-state index >= 15 is 0 Å². The van der Waals surface area contributed by atoms with Crippen LogP contribution in [0.5, 0.6) is 11.5 Å². The number of rotatable bonds is 7. The van der Waals surface area contributed by atoms with E-state index in [0.29, 0.717) is 16.8 Å². The maximum absolute atomic E-state index is 12.6. The van der Waals surface area contributed by atoms with Gasteiger partial charge in [-0.1, -0.05) is 0 Å². The number of hydrogen-bond donors (Lipinski definition) is 1. The number of methoxy groups -OCH3 is 2. The molecule has 9 nitrogen and oxygen atoms in total. The molecule has 4 rings (SSSR count). The van der Waals surface area contributed by atoms with Crippen LogP contribution in [0.3, 0.4) is 0 Å². The summed E-state index contributed by atoms with van der Waals surface area (Å²) in [7, 11) is 2.63. The summed E-state index contributed by atoms with van der Waals surface area (Å²) in [5.41, 5.74) is 3.30. The number of carbonyl (C=O) groups is 1. The zero-order valence-electron chi connectivity index (χ0n) is 18.6. The predicted octanol–water partition coefficient (Wildman–Crippen LogP) is 3.59. The number of nitrogens with one attached hydrogen (secondary N) is 1. The van der Waals surface area contributed by atoms with E-state index in [1.807, 2.05) is 24.6 Å². The molecule has 3 aromatic heterocycles. The minimum absolute atomic E-state index is 0.0528. The number of nitrogens with zero attached hydrogens (tertiary/aromatic N) is 5. The van der Waals surface area contributed by atoms with Gasteiger partial charge in [0.25, 0.3) is 5.91 Å². The van der Waals surface area contributed by atoms with Gasteiger partial charge in [0.15, 0.2) is 5.65 Å². The summed E-state index contributed by atoms with van der Waals surface area (Å²) >= 11 is 0. The molecule has 1 aromatic carbocycles. The van der Waals surface area contributed by atoms with Crippen molar-refractivity contribution in [3.63, 3.8) is 0 Å². The Balaban J connectivity index is 1.72. The molecule has 0 aliphatic heterocycles. The van der Waals surface area contributed by atoms with Gasteiger partial charge in [0.1, 0.15) is 23.6 Å². The molecule has 0 spiro atoms. The van der Waals surface area contributed by atoms with Crippen molar-refractivity contribution in [2.45, 2.75) is 19.6 Å². The average molecular weight is 474 g/mol. The number of benzene rings is 1. The highest BCUT2D eigenvalue weighted by molar-refractivity contribution is 6.01. The van der Waals surface area contributed by atoms with Crippen LogP contribution in [0, 0.1) is 0 Å². The van der Waals surface area contributed by atoms with E-state index in [1.165, 1.54) is 26.4 Å². The smallest absolute Gasteiger partial charge is 0.405 e. The Morgan fingerprint density at radius 2 is 1.68 bits per heavy atom. The zero-order valence-corrected chi connectivity index (χ0v) is 18.6. The molecule has 12 heteroatoms. The lowest BCUT2D eigenvalue weighted by Gasteiger charge is -2.15. The fourth-order valence-electron chi connectivity index (χ4n) is 3.47. The summed E-state index contributed by atoms with van der Waals surface area (Å²) in [6, 6.07) is 3.06. The van der Waals surface area contributed by atoms with E-state index in [1.54, 1.807) is 27.8 Å². The van der Waals surface area contributed by atoms with E-state index in [0.717, 1.165) is 17.7 Å². The van der Waals surface area contributed by atoms with Gasteiger partial charge >= 0.3 is 6.18 Å². The minimum atomic E-state index is -4.55. The molecular formula is C22H21F3N6O3.